The lowest BCUT2D eigenvalue weighted by molar-refractivity contribution is 0.142. The van der Waals surface area contributed by atoms with Crippen LogP contribution in [0.3, 0.4) is 0 Å². The van der Waals surface area contributed by atoms with E-state index in [1.54, 1.807) is 0 Å². The maximum absolute atomic E-state index is 5.55. The summed E-state index contributed by atoms with van der Waals surface area (Å²) in [6.45, 7) is 9.50. The highest BCUT2D eigenvalue weighted by atomic mass is 16.5. The molecular weight excluding hydrogens is 346 g/mol. The summed E-state index contributed by atoms with van der Waals surface area (Å²) in [5.74, 6) is 2.58. The largest absolute Gasteiger partial charge is 0.381 e. The van der Waals surface area contributed by atoms with Crippen molar-refractivity contribution >= 4 is 0 Å². The fourth-order valence-corrected chi connectivity index (χ4v) is 6.21. The fourth-order valence-electron chi connectivity index (χ4n) is 6.21. The van der Waals surface area contributed by atoms with Crippen LogP contribution in [0.2, 0.25) is 0 Å². The Morgan fingerprint density at radius 1 is 0.929 bits per heavy atom. The minimum atomic E-state index is 0.739. The number of rotatable bonds is 6. The van der Waals surface area contributed by atoms with Crippen LogP contribution < -0.4 is 5.32 Å². The molecular formula is C24H37N3O. The zero-order valence-electron chi connectivity index (χ0n) is 17.3. The molecule has 0 aromatic heterocycles. The Labute approximate surface area is 170 Å². The second kappa shape index (κ2) is 8.83. The third-order valence-corrected chi connectivity index (χ3v) is 7.76. The summed E-state index contributed by atoms with van der Waals surface area (Å²) in [4.78, 5) is 5.39. The standard InChI is InChI=1S/C24H37N3O/c1-2-4-19(5-3-1)14-27-16-21-6-7-24(23(21)17-27)25-22-8-11-26(12-9-22)15-20-10-13-28-18-20/h1-5,20-25H,6-18H2/t20-,21-,23+,24-/m0/s1. The van der Waals surface area contributed by atoms with Gasteiger partial charge in [-0.3, -0.25) is 4.90 Å². The summed E-state index contributed by atoms with van der Waals surface area (Å²) in [7, 11) is 0. The number of nitrogens with zero attached hydrogens (tertiary/aromatic N) is 2. The van der Waals surface area contributed by atoms with Crippen LogP contribution in [-0.4, -0.2) is 67.8 Å². The van der Waals surface area contributed by atoms with Crippen molar-refractivity contribution in [3.05, 3.63) is 35.9 Å². The first-order chi connectivity index (χ1) is 13.8. The Morgan fingerprint density at radius 3 is 2.57 bits per heavy atom. The number of likely N-dealkylation sites (tertiary alicyclic amines) is 2. The number of fused-ring (bicyclic) bond motifs is 1. The fraction of sp³-hybridized carbons (Fsp3) is 0.750. The van der Waals surface area contributed by atoms with Gasteiger partial charge in [0.05, 0.1) is 6.61 Å². The van der Waals surface area contributed by atoms with E-state index in [-0.39, 0.29) is 0 Å². The molecule has 1 saturated carbocycles. The van der Waals surface area contributed by atoms with Crippen LogP contribution in [0.5, 0.6) is 0 Å². The van der Waals surface area contributed by atoms with Gasteiger partial charge in [-0.25, -0.2) is 0 Å². The molecule has 0 bridgehead atoms. The zero-order chi connectivity index (χ0) is 18.8. The molecule has 1 aromatic carbocycles. The van der Waals surface area contributed by atoms with Crippen LogP contribution in [0.25, 0.3) is 0 Å². The molecule has 4 heteroatoms. The number of piperidine rings is 1. The summed E-state index contributed by atoms with van der Waals surface area (Å²) in [6.07, 6.45) is 6.75. The lowest BCUT2D eigenvalue weighted by atomic mass is 9.95. The summed E-state index contributed by atoms with van der Waals surface area (Å²) in [6, 6.07) is 12.5. The van der Waals surface area contributed by atoms with Gasteiger partial charge in [0.2, 0.25) is 0 Å². The predicted molar refractivity (Wildman–Crippen MR) is 113 cm³/mol. The van der Waals surface area contributed by atoms with Crippen molar-refractivity contribution in [2.75, 3.05) is 45.9 Å². The first kappa shape index (κ1) is 19.0. The Kier molecular flexibility index (Phi) is 6.00. The third kappa shape index (κ3) is 4.46. The van der Waals surface area contributed by atoms with Gasteiger partial charge in [0.15, 0.2) is 0 Å². The SMILES string of the molecule is c1ccc(CN2C[C@@H]3CC[C@H](NC4CCN(C[C@@H]5CCOC5)CC4)[C@@H]3C2)cc1. The van der Waals surface area contributed by atoms with E-state index >= 15 is 0 Å². The highest BCUT2D eigenvalue weighted by molar-refractivity contribution is 5.15. The van der Waals surface area contributed by atoms with E-state index in [1.807, 2.05) is 0 Å². The average molecular weight is 384 g/mol. The molecule has 28 heavy (non-hydrogen) atoms. The molecule has 1 aromatic rings. The predicted octanol–water partition coefficient (Wildman–Crippen LogP) is 2.99. The van der Waals surface area contributed by atoms with Gasteiger partial charge in [-0.2, -0.15) is 0 Å². The summed E-state index contributed by atoms with van der Waals surface area (Å²) in [5.41, 5.74) is 1.46. The summed E-state index contributed by atoms with van der Waals surface area (Å²) < 4.78 is 5.55. The Morgan fingerprint density at radius 2 is 1.79 bits per heavy atom. The van der Waals surface area contributed by atoms with Gasteiger partial charge >= 0.3 is 0 Å². The van der Waals surface area contributed by atoms with E-state index in [9.17, 15) is 0 Å². The van der Waals surface area contributed by atoms with Crippen molar-refractivity contribution < 1.29 is 4.74 Å². The van der Waals surface area contributed by atoms with Crippen molar-refractivity contribution in [3.63, 3.8) is 0 Å². The molecule has 1 aliphatic carbocycles. The Hall–Kier alpha value is -0.940. The molecule has 4 aliphatic rings. The molecule has 0 radical (unpaired) electrons. The van der Waals surface area contributed by atoms with Gasteiger partial charge in [0.25, 0.3) is 0 Å². The normalized spacial score (nSPS) is 34.9. The van der Waals surface area contributed by atoms with Gasteiger partial charge < -0.3 is 15.0 Å². The highest BCUT2D eigenvalue weighted by Crippen LogP contribution is 2.39. The molecule has 5 rings (SSSR count). The van der Waals surface area contributed by atoms with Crippen LogP contribution in [0.15, 0.2) is 30.3 Å². The average Bonchev–Trinajstić information content (AvgIpc) is 3.44. The van der Waals surface area contributed by atoms with E-state index in [1.165, 1.54) is 70.4 Å². The molecule has 3 heterocycles. The molecule has 154 valence electrons. The van der Waals surface area contributed by atoms with Crippen molar-refractivity contribution in [1.82, 2.24) is 15.1 Å². The summed E-state index contributed by atoms with van der Waals surface area (Å²) in [5, 5.41) is 4.11. The van der Waals surface area contributed by atoms with Crippen LogP contribution in [0, 0.1) is 17.8 Å². The third-order valence-electron chi connectivity index (χ3n) is 7.76. The molecule has 3 saturated heterocycles. The van der Waals surface area contributed by atoms with Gasteiger partial charge in [-0.1, -0.05) is 30.3 Å². The minimum absolute atomic E-state index is 0.739. The highest BCUT2D eigenvalue weighted by Gasteiger charge is 2.43. The second-order valence-electron chi connectivity index (χ2n) is 9.76. The molecule has 0 spiro atoms. The molecule has 4 atom stereocenters. The summed E-state index contributed by atoms with van der Waals surface area (Å²) >= 11 is 0. The molecule has 3 aliphatic heterocycles. The van der Waals surface area contributed by atoms with Crippen molar-refractivity contribution in [2.24, 2.45) is 17.8 Å². The van der Waals surface area contributed by atoms with Crippen LogP contribution in [0.4, 0.5) is 0 Å². The van der Waals surface area contributed by atoms with Gasteiger partial charge in [0.1, 0.15) is 0 Å². The minimum Gasteiger partial charge on any atom is -0.381 e. The molecule has 4 fully saturated rings. The number of ether oxygens (including phenoxy) is 1. The maximum Gasteiger partial charge on any atom is 0.0507 e. The lowest BCUT2D eigenvalue weighted by Crippen LogP contribution is -2.48. The van der Waals surface area contributed by atoms with Crippen LogP contribution in [0.1, 0.15) is 37.7 Å². The maximum atomic E-state index is 5.55. The van der Waals surface area contributed by atoms with Gasteiger partial charge in [0, 0.05) is 44.9 Å². The smallest absolute Gasteiger partial charge is 0.0507 e. The molecule has 0 amide bonds. The van der Waals surface area contributed by atoms with Gasteiger partial charge in [-0.05, 0) is 68.5 Å². The number of hydrogen-bond acceptors (Lipinski definition) is 4. The monoisotopic (exact) mass is 383 g/mol. The second-order valence-corrected chi connectivity index (χ2v) is 9.76. The number of benzene rings is 1. The van der Waals surface area contributed by atoms with Crippen molar-refractivity contribution in [1.29, 1.82) is 0 Å². The first-order valence-corrected chi connectivity index (χ1v) is 11.7. The lowest BCUT2D eigenvalue weighted by Gasteiger charge is -2.36. The van der Waals surface area contributed by atoms with Crippen LogP contribution in [-0.2, 0) is 11.3 Å². The van der Waals surface area contributed by atoms with E-state index in [0.717, 1.165) is 49.6 Å². The Balaban J connectivity index is 1.07. The number of nitrogens with one attached hydrogen (secondary N) is 1. The van der Waals surface area contributed by atoms with Crippen molar-refractivity contribution in [3.8, 4) is 0 Å². The van der Waals surface area contributed by atoms with E-state index in [0.29, 0.717) is 0 Å². The topological polar surface area (TPSA) is 27.7 Å². The quantitative estimate of drug-likeness (QED) is 0.817. The van der Waals surface area contributed by atoms with Gasteiger partial charge in [-0.15, -0.1) is 0 Å². The molecule has 1 N–H and O–H groups in total. The number of hydrogen-bond donors (Lipinski definition) is 1. The molecule has 4 nitrogen and oxygen atoms in total. The van der Waals surface area contributed by atoms with E-state index < -0.39 is 0 Å². The van der Waals surface area contributed by atoms with Crippen molar-refractivity contribution in [2.45, 2.75) is 50.7 Å². The Bertz CT molecular complexity index is 610. The van der Waals surface area contributed by atoms with E-state index in [2.05, 4.69) is 45.4 Å². The van der Waals surface area contributed by atoms with Crippen LogP contribution >= 0.6 is 0 Å². The zero-order valence-corrected chi connectivity index (χ0v) is 17.3. The molecule has 0 unspecified atom stereocenters. The van der Waals surface area contributed by atoms with E-state index in [4.69, 9.17) is 4.74 Å². The first-order valence-electron chi connectivity index (χ1n) is 11.7.